The fourth-order valence-electron chi connectivity index (χ4n) is 9.08. The maximum Gasteiger partial charge on any atom is 0.407 e. The van der Waals surface area contributed by atoms with Crippen LogP contribution < -0.4 is 37.7 Å². The third kappa shape index (κ3) is 9.28. The molecule has 8 rings (SSSR count). The third-order valence-corrected chi connectivity index (χ3v) is 12.8. The Hall–Kier alpha value is -6.91. The van der Waals surface area contributed by atoms with E-state index in [0.717, 1.165) is 38.7 Å². The first-order valence-electron chi connectivity index (χ1n) is 22.7. The Kier molecular flexibility index (Phi) is 13.6. The lowest BCUT2D eigenvalue weighted by molar-refractivity contribution is -0.180. The molecule has 0 unspecified atom stereocenters. The van der Waals surface area contributed by atoms with Crippen molar-refractivity contribution in [2.45, 2.75) is 101 Å². The second kappa shape index (κ2) is 19.7. The number of amides is 3. The van der Waals surface area contributed by atoms with E-state index < -0.39 is 59.1 Å². The van der Waals surface area contributed by atoms with Gasteiger partial charge in [-0.05, 0) is 92.4 Å². The Labute approximate surface area is 381 Å². The van der Waals surface area contributed by atoms with Crippen LogP contribution in [-0.2, 0) is 41.6 Å². The smallest absolute Gasteiger partial charge is 0.407 e. The van der Waals surface area contributed by atoms with Crippen LogP contribution in [0.15, 0.2) is 89.7 Å². The number of ether oxygens (including phenoxy) is 3. The van der Waals surface area contributed by atoms with Gasteiger partial charge in [0.1, 0.15) is 18.7 Å². The molecule has 7 N–H and O–H groups in total. The number of carbonyl (C=O) groups is 5. The van der Waals surface area contributed by atoms with E-state index in [1.807, 2.05) is 66.7 Å². The maximum atomic E-state index is 13.8. The van der Waals surface area contributed by atoms with Crippen LogP contribution in [0.25, 0.3) is 33.4 Å². The van der Waals surface area contributed by atoms with Gasteiger partial charge < -0.3 is 41.6 Å². The number of nitrogens with zero attached hydrogens (tertiary/aromatic N) is 2. The van der Waals surface area contributed by atoms with Crippen LogP contribution in [0.5, 0.6) is 5.75 Å². The quantitative estimate of drug-likeness (QED) is 0.0582. The summed E-state index contributed by atoms with van der Waals surface area (Å²) >= 11 is 0. The van der Waals surface area contributed by atoms with Crippen LogP contribution in [0.3, 0.4) is 0 Å². The number of hydrogen-bond acceptors (Lipinski definition) is 12. The summed E-state index contributed by atoms with van der Waals surface area (Å²) < 4.78 is 18.7. The summed E-state index contributed by atoms with van der Waals surface area (Å²) in [6.45, 7) is 4.20. The molecule has 16 nitrogen and oxygen atoms in total. The molecule has 5 aromatic rings. The van der Waals surface area contributed by atoms with E-state index in [1.165, 1.54) is 11.5 Å². The van der Waals surface area contributed by atoms with Gasteiger partial charge in [-0.15, -0.1) is 0 Å². The van der Waals surface area contributed by atoms with Gasteiger partial charge in [0.05, 0.1) is 29.5 Å². The number of fused-ring (bicyclic) bond motifs is 8. The number of rotatable bonds is 18. The zero-order valence-corrected chi connectivity index (χ0v) is 37.1. The van der Waals surface area contributed by atoms with Crippen LogP contribution in [-0.4, -0.2) is 82.8 Å². The van der Waals surface area contributed by atoms with Crippen molar-refractivity contribution in [1.29, 1.82) is 0 Å². The van der Waals surface area contributed by atoms with Crippen molar-refractivity contribution in [2.24, 2.45) is 11.5 Å². The molecule has 0 saturated carbocycles. The molecule has 4 heterocycles. The zero-order chi connectivity index (χ0) is 46.5. The fraction of sp³-hybridized carbons (Fsp3) is 0.380. The van der Waals surface area contributed by atoms with Gasteiger partial charge in [0.25, 0.3) is 5.56 Å². The van der Waals surface area contributed by atoms with Crippen molar-refractivity contribution in [3.05, 3.63) is 118 Å². The molecule has 66 heavy (non-hydrogen) atoms. The number of para-hydroxylation sites is 1. The Balaban J connectivity index is 0.880. The maximum absolute atomic E-state index is 13.8. The molecule has 4 atom stereocenters. The number of carbonyl (C=O) groups excluding carboxylic acids is 5. The minimum Gasteiger partial charge on any atom is -0.449 e. The van der Waals surface area contributed by atoms with Gasteiger partial charge in [0, 0.05) is 35.4 Å². The van der Waals surface area contributed by atoms with Crippen molar-refractivity contribution in [3.63, 3.8) is 0 Å². The number of nitrogens with two attached hydrogens (primary N) is 2. The molecular weight excluding hydrogens is 843 g/mol. The average molecular weight is 898 g/mol. The lowest BCUT2D eigenvalue weighted by Crippen LogP contribution is -2.56. The van der Waals surface area contributed by atoms with Crippen molar-refractivity contribution in [1.82, 2.24) is 25.5 Å². The number of unbranched alkanes of at least 4 members (excludes halogenated alkanes) is 2. The molecular formula is C50H55N7O9. The van der Waals surface area contributed by atoms with Crippen LogP contribution >= 0.6 is 0 Å². The van der Waals surface area contributed by atoms with Gasteiger partial charge in [-0.25, -0.2) is 19.4 Å². The minimum absolute atomic E-state index is 0.0143. The van der Waals surface area contributed by atoms with Crippen molar-refractivity contribution >= 4 is 40.7 Å². The first-order valence-corrected chi connectivity index (χ1v) is 22.7. The van der Waals surface area contributed by atoms with Gasteiger partial charge in [0.2, 0.25) is 17.4 Å². The van der Waals surface area contributed by atoms with Gasteiger partial charge in [-0.3, -0.25) is 19.0 Å². The normalized spacial score (nSPS) is 16.9. The number of aromatic nitrogens is 2. The Morgan fingerprint density at radius 1 is 0.879 bits per heavy atom. The SMILES string of the molecule is CC[C@]1(OC(=O)[C@H](C)NC(=O)[C@H](CCCCNC(=O)OCC2c3ccccc3-c3ccccc32)NC(=O)[C@@H](N)CCCCN)Cc2cc3n(c(=O)c2OC1=O)Cc1cc2ccccc2nc1-3. The first kappa shape index (κ1) is 45.7. The standard InChI is InChI=1S/C50H55N7O9/c1-3-50(26-31-25-41-42-32(24-30-14-4-9-20-39(30)55-42)27-57(41)46(60)43(31)65-48(50)62)66-47(61)29(2)54-45(59)40(56-44(58)38(52)19-10-12-22-51)21-11-13-23-53-49(63)64-28-37-35-17-7-5-15-33(35)34-16-6-8-18-36(34)37/h4-9,14-18,20,24-25,29,37-38,40H,3,10-13,19,21-23,26-28,51-52H2,1-2H3,(H,53,63)(H,54,59)(H,56,58)/t29-,38-,40-,50-/m0/s1. The van der Waals surface area contributed by atoms with E-state index in [4.69, 9.17) is 30.7 Å². The van der Waals surface area contributed by atoms with Gasteiger partial charge in [-0.1, -0.05) is 80.1 Å². The van der Waals surface area contributed by atoms with Crippen LogP contribution in [0, 0.1) is 0 Å². The molecule has 2 aromatic heterocycles. The molecule has 344 valence electrons. The highest BCUT2D eigenvalue weighted by molar-refractivity contribution is 5.93. The summed E-state index contributed by atoms with van der Waals surface area (Å²) in [5, 5.41) is 9.08. The molecule has 3 amide bonds. The predicted octanol–water partition coefficient (Wildman–Crippen LogP) is 4.73. The first-order chi connectivity index (χ1) is 31.9. The number of nitrogens with one attached hydrogen (secondary N) is 3. The third-order valence-electron chi connectivity index (χ3n) is 12.8. The van der Waals surface area contributed by atoms with E-state index in [1.54, 1.807) is 13.0 Å². The monoisotopic (exact) mass is 897 g/mol. The number of alkyl carbamates (subject to hydrolysis) is 1. The molecule has 0 radical (unpaired) electrons. The topological polar surface area (TPSA) is 236 Å². The summed E-state index contributed by atoms with van der Waals surface area (Å²) in [6.07, 6.45) is 1.96. The van der Waals surface area contributed by atoms with Crippen LogP contribution in [0.1, 0.15) is 87.0 Å². The van der Waals surface area contributed by atoms with Crippen molar-refractivity contribution in [2.75, 3.05) is 19.7 Å². The van der Waals surface area contributed by atoms with E-state index in [2.05, 4.69) is 28.1 Å². The zero-order valence-electron chi connectivity index (χ0n) is 37.1. The van der Waals surface area contributed by atoms with E-state index in [0.29, 0.717) is 55.6 Å². The summed E-state index contributed by atoms with van der Waals surface area (Å²) in [5.41, 5.74) is 17.2. The highest BCUT2D eigenvalue weighted by Crippen LogP contribution is 2.44. The molecule has 3 aliphatic rings. The second-order valence-corrected chi connectivity index (χ2v) is 17.2. The molecule has 1 aliphatic carbocycles. The number of benzene rings is 3. The second-order valence-electron chi connectivity index (χ2n) is 17.2. The number of esters is 2. The largest absolute Gasteiger partial charge is 0.449 e. The molecule has 0 fully saturated rings. The summed E-state index contributed by atoms with van der Waals surface area (Å²) in [4.78, 5) is 85.8. The lowest BCUT2D eigenvalue weighted by atomic mass is 9.88. The molecule has 0 spiro atoms. The van der Waals surface area contributed by atoms with Crippen molar-refractivity contribution < 1.29 is 38.2 Å². The highest BCUT2D eigenvalue weighted by Gasteiger charge is 2.49. The van der Waals surface area contributed by atoms with E-state index in [-0.39, 0.29) is 50.6 Å². The van der Waals surface area contributed by atoms with Crippen LogP contribution in [0.4, 0.5) is 4.79 Å². The molecule has 0 bridgehead atoms. The summed E-state index contributed by atoms with van der Waals surface area (Å²) in [6, 6.07) is 24.3. The van der Waals surface area contributed by atoms with Crippen LogP contribution in [0.2, 0.25) is 0 Å². The molecule has 3 aromatic carbocycles. The van der Waals surface area contributed by atoms with Gasteiger partial charge in [0.15, 0.2) is 5.75 Å². The van der Waals surface area contributed by atoms with Gasteiger partial charge in [-0.2, -0.15) is 0 Å². The molecule has 16 heteroatoms. The Morgan fingerprint density at radius 2 is 1.58 bits per heavy atom. The fourth-order valence-corrected chi connectivity index (χ4v) is 9.08. The highest BCUT2D eigenvalue weighted by atomic mass is 16.6. The number of hydrogen-bond donors (Lipinski definition) is 5. The van der Waals surface area contributed by atoms with Gasteiger partial charge >= 0.3 is 18.0 Å². The van der Waals surface area contributed by atoms with E-state index >= 15 is 0 Å². The average Bonchev–Trinajstić information content (AvgIpc) is 3.84. The molecule has 0 saturated heterocycles. The molecule has 2 aliphatic heterocycles. The minimum atomic E-state index is -1.79. The number of pyridine rings is 2. The Morgan fingerprint density at radius 3 is 2.30 bits per heavy atom. The van der Waals surface area contributed by atoms with E-state index in [9.17, 15) is 28.8 Å². The Bertz CT molecular complexity index is 2710. The van der Waals surface area contributed by atoms with Crippen molar-refractivity contribution in [3.8, 4) is 28.3 Å². The lowest BCUT2D eigenvalue weighted by Gasteiger charge is -2.35. The summed E-state index contributed by atoms with van der Waals surface area (Å²) in [7, 11) is 0. The predicted molar refractivity (Wildman–Crippen MR) is 246 cm³/mol. The summed E-state index contributed by atoms with van der Waals surface area (Å²) in [5.74, 6) is -3.24.